The third-order valence-electron chi connectivity index (χ3n) is 3.13. The molecule has 0 amide bonds. The van der Waals surface area contributed by atoms with E-state index >= 15 is 0 Å². The predicted octanol–water partition coefficient (Wildman–Crippen LogP) is 2.75. The van der Waals surface area contributed by atoms with E-state index in [4.69, 9.17) is 4.74 Å². The molecule has 0 aliphatic heterocycles. The van der Waals surface area contributed by atoms with E-state index < -0.39 is 0 Å². The van der Waals surface area contributed by atoms with E-state index in [1.54, 1.807) is 0 Å². The first-order valence-electron chi connectivity index (χ1n) is 4.66. The van der Waals surface area contributed by atoms with Crippen LogP contribution < -0.4 is 0 Å². The zero-order valence-corrected chi connectivity index (χ0v) is 8.96. The van der Waals surface area contributed by atoms with E-state index in [1.807, 2.05) is 7.11 Å². The van der Waals surface area contributed by atoms with Gasteiger partial charge in [0.05, 0.1) is 6.10 Å². The van der Waals surface area contributed by atoms with Gasteiger partial charge in [-0.1, -0.05) is 28.1 Å². The average molecular weight is 231 g/mol. The third kappa shape index (κ3) is 1.47. The fourth-order valence-electron chi connectivity index (χ4n) is 2.32. The van der Waals surface area contributed by atoms with Crippen LogP contribution in [0.5, 0.6) is 0 Å². The number of halogens is 1. The molecular weight excluding hydrogens is 216 g/mol. The Balaban J connectivity index is 2.16. The maximum Gasteiger partial charge on any atom is 0.0639 e. The summed E-state index contributed by atoms with van der Waals surface area (Å²) in [5.74, 6) is 1.38. The molecule has 12 heavy (non-hydrogen) atoms. The van der Waals surface area contributed by atoms with Crippen LogP contribution in [0.4, 0.5) is 0 Å². The lowest BCUT2D eigenvalue weighted by atomic mass is 9.88. The number of rotatable bonds is 1. The first-order valence-corrected chi connectivity index (χ1v) is 5.58. The highest BCUT2D eigenvalue weighted by Crippen LogP contribution is 2.38. The second-order valence-electron chi connectivity index (χ2n) is 3.82. The molecule has 2 heteroatoms. The quantitative estimate of drug-likeness (QED) is 0.498. The molecule has 0 spiro atoms. The molecule has 2 bridgehead atoms. The molecule has 0 aromatic heterocycles. The van der Waals surface area contributed by atoms with Gasteiger partial charge in [-0.2, -0.15) is 0 Å². The predicted molar refractivity (Wildman–Crippen MR) is 53.5 cm³/mol. The fraction of sp³-hybridized carbons (Fsp3) is 0.800. The molecule has 0 aromatic carbocycles. The van der Waals surface area contributed by atoms with Crippen LogP contribution in [0.1, 0.15) is 19.3 Å². The second-order valence-corrected chi connectivity index (χ2v) is 4.99. The zero-order valence-electron chi connectivity index (χ0n) is 7.37. The van der Waals surface area contributed by atoms with Gasteiger partial charge in [-0.25, -0.2) is 0 Å². The molecule has 3 rings (SSSR count). The third-order valence-corrected chi connectivity index (χ3v) is 4.27. The van der Waals surface area contributed by atoms with Gasteiger partial charge in [-0.3, -0.25) is 0 Å². The average Bonchev–Trinajstić information content (AvgIpc) is 2.37. The van der Waals surface area contributed by atoms with Crippen LogP contribution in [-0.4, -0.2) is 18.0 Å². The van der Waals surface area contributed by atoms with E-state index in [-0.39, 0.29) is 0 Å². The topological polar surface area (TPSA) is 9.23 Å². The van der Waals surface area contributed by atoms with Crippen molar-refractivity contribution in [1.29, 1.82) is 0 Å². The minimum atomic E-state index is 0.475. The molecule has 0 heterocycles. The van der Waals surface area contributed by atoms with Crippen molar-refractivity contribution in [3.8, 4) is 0 Å². The molecule has 1 saturated carbocycles. The van der Waals surface area contributed by atoms with E-state index in [9.17, 15) is 0 Å². The van der Waals surface area contributed by atoms with Crippen LogP contribution in [-0.2, 0) is 4.74 Å². The normalized spacial score (nSPS) is 46.2. The maximum atomic E-state index is 5.48. The Morgan fingerprint density at radius 3 is 2.75 bits per heavy atom. The van der Waals surface area contributed by atoms with Crippen molar-refractivity contribution in [2.75, 3.05) is 7.11 Å². The van der Waals surface area contributed by atoms with Crippen molar-refractivity contribution in [3.63, 3.8) is 0 Å². The van der Waals surface area contributed by atoms with Crippen molar-refractivity contribution >= 4 is 15.9 Å². The molecule has 1 nitrogen and oxygen atoms in total. The standard InChI is InChI=1S/C10H15BrO/c1-12-10-6-8-3-2-7(10)4-5-9(8)11/h2-3,7-10H,4-6H2,1H3/t7-,8-,9-,10-/m1/s1. The van der Waals surface area contributed by atoms with Gasteiger partial charge in [0, 0.05) is 17.9 Å². The number of fused-ring (bicyclic) bond motifs is 3. The number of allylic oxidation sites excluding steroid dienone is 1. The lowest BCUT2D eigenvalue weighted by Crippen LogP contribution is -2.26. The van der Waals surface area contributed by atoms with Crippen LogP contribution >= 0.6 is 15.9 Å². The Bertz CT molecular complexity index is 190. The van der Waals surface area contributed by atoms with Gasteiger partial charge in [0.25, 0.3) is 0 Å². The Kier molecular flexibility index (Phi) is 2.56. The fourth-order valence-corrected chi connectivity index (χ4v) is 2.97. The van der Waals surface area contributed by atoms with Gasteiger partial charge < -0.3 is 4.74 Å². The summed E-state index contributed by atoms with van der Waals surface area (Å²) in [6.45, 7) is 0. The first kappa shape index (κ1) is 8.76. The van der Waals surface area contributed by atoms with Gasteiger partial charge in [0.2, 0.25) is 0 Å². The SMILES string of the molecule is CO[C@@H]1C[C@H]2C=C[C@@H]1CC[C@H]2Br. The van der Waals surface area contributed by atoms with Crippen LogP contribution in [0.25, 0.3) is 0 Å². The van der Waals surface area contributed by atoms with Crippen LogP contribution in [0.15, 0.2) is 12.2 Å². The summed E-state index contributed by atoms with van der Waals surface area (Å²) < 4.78 is 5.48. The largest absolute Gasteiger partial charge is 0.381 e. The second kappa shape index (κ2) is 3.51. The molecule has 0 saturated heterocycles. The number of ether oxygens (including phenoxy) is 1. The van der Waals surface area contributed by atoms with E-state index in [0.29, 0.717) is 22.8 Å². The van der Waals surface area contributed by atoms with E-state index in [0.717, 1.165) is 0 Å². The van der Waals surface area contributed by atoms with Crippen molar-refractivity contribution < 1.29 is 4.74 Å². The van der Waals surface area contributed by atoms with Crippen molar-refractivity contribution in [1.82, 2.24) is 0 Å². The number of hydrogen-bond donors (Lipinski definition) is 0. The lowest BCUT2D eigenvalue weighted by Gasteiger charge is -2.27. The highest BCUT2D eigenvalue weighted by Gasteiger charge is 2.33. The minimum Gasteiger partial charge on any atom is -0.381 e. The molecule has 3 aliphatic rings. The summed E-state index contributed by atoms with van der Waals surface area (Å²) in [4.78, 5) is 0.680. The number of hydrogen-bond acceptors (Lipinski definition) is 1. The summed E-state index contributed by atoms with van der Waals surface area (Å²) in [6.07, 6.45) is 8.97. The highest BCUT2D eigenvalue weighted by atomic mass is 79.9. The summed E-state index contributed by atoms with van der Waals surface area (Å²) in [5.41, 5.74) is 0. The minimum absolute atomic E-state index is 0.475. The Hall–Kier alpha value is 0.180. The van der Waals surface area contributed by atoms with Gasteiger partial charge in [-0.15, -0.1) is 0 Å². The summed E-state index contributed by atoms with van der Waals surface area (Å²) in [7, 11) is 1.84. The molecule has 0 radical (unpaired) electrons. The molecule has 0 aromatic rings. The van der Waals surface area contributed by atoms with E-state index in [2.05, 4.69) is 28.1 Å². The van der Waals surface area contributed by atoms with Gasteiger partial charge in [0.15, 0.2) is 0 Å². The first-order chi connectivity index (χ1) is 5.81. The van der Waals surface area contributed by atoms with Gasteiger partial charge in [0.1, 0.15) is 0 Å². The van der Waals surface area contributed by atoms with E-state index in [1.165, 1.54) is 19.3 Å². The van der Waals surface area contributed by atoms with Crippen LogP contribution in [0.3, 0.4) is 0 Å². The molecule has 3 aliphatic carbocycles. The molecule has 0 N–H and O–H groups in total. The number of alkyl halides is 1. The summed E-state index contributed by atoms with van der Waals surface area (Å²) in [6, 6.07) is 0. The Labute approximate surface area is 82.3 Å². The van der Waals surface area contributed by atoms with Crippen LogP contribution in [0.2, 0.25) is 0 Å². The van der Waals surface area contributed by atoms with Crippen molar-refractivity contribution in [3.05, 3.63) is 12.2 Å². The van der Waals surface area contributed by atoms with Crippen molar-refractivity contribution in [2.45, 2.75) is 30.2 Å². The smallest absolute Gasteiger partial charge is 0.0639 e. The molecular formula is C10H15BrO. The summed E-state index contributed by atoms with van der Waals surface area (Å²) in [5, 5.41) is 0. The zero-order chi connectivity index (χ0) is 8.55. The monoisotopic (exact) mass is 230 g/mol. The molecule has 0 unspecified atom stereocenters. The Morgan fingerprint density at radius 2 is 2.00 bits per heavy atom. The van der Waals surface area contributed by atoms with Gasteiger partial charge in [-0.05, 0) is 25.2 Å². The number of methoxy groups -OCH3 is 1. The highest BCUT2D eigenvalue weighted by molar-refractivity contribution is 9.09. The van der Waals surface area contributed by atoms with Gasteiger partial charge >= 0.3 is 0 Å². The Morgan fingerprint density at radius 1 is 1.25 bits per heavy atom. The maximum absolute atomic E-state index is 5.48. The summed E-state index contributed by atoms with van der Waals surface area (Å²) >= 11 is 3.74. The lowest BCUT2D eigenvalue weighted by molar-refractivity contribution is 0.0530. The van der Waals surface area contributed by atoms with Crippen molar-refractivity contribution in [2.24, 2.45) is 11.8 Å². The van der Waals surface area contributed by atoms with Crippen LogP contribution in [0, 0.1) is 11.8 Å². The molecule has 1 fully saturated rings. The molecule has 4 atom stereocenters. The molecule has 68 valence electrons.